The molecule has 0 unspecified atom stereocenters. The number of methoxy groups -OCH3 is 1. The zero-order valence-electron chi connectivity index (χ0n) is 16.1. The Hall–Kier alpha value is -2.71. The molecule has 0 spiro atoms. The SMILES string of the molecule is COCCCN(CC(=O)NCC(=O)Nc1ccc(C)cc1)C(=O)c1cccs1. The van der Waals surface area contributed by atoms with Gasteiger partial charge in [-0.05, 0) is 36.9 Å². The van der Waals surface area contributed by atoms with Gasteiger partial charge in [-0.15, -0.1) is 11.3 Å². The van der Waals surface area contributed by atoms with Crippen molar-refractivity contribution in [2.45, 2.75) is 13.3 Å². The monoisotopic (exact) mass is 403 g/mol. The van der Waals surface area contributed by atoms with Crippen molar-refractivity contribution in [1.29, 1.82) is 0 Å². The molecule has 2 rings (SSSR count). The van der Waals surface area contributed by atoms with E-state index in [1.165, 1.54) is 16.2 Å². The van der Waals surface area contributed by atoms with E-state index in [1.807, 2.05) is 24.4 Å². The summed E-state index contributed by atoms with van der Waals surface area (Å²) in [5.41, 5.74) is 1.76. The first kappa shape index (κ1) is 21.6. The summed E-state index contributed by atoms with van der Waals surface area (Å²) in [6.07, 6.45) is 0.620. The summed E-state index contributed by atoms with van der Waals surface area (Å²) in [6.45, 7) is 2.58. The highest BCUT2D eigenvalue weighted by Crippen LogP contribution is 2.12. The van der Waals surface area contributed by atoms with Gasteiger partial charge in [0.15, 0.2) is 0 Å². The average molecular weight is 404 g/mol. The second-order valence-electron chi connectivity index (χ2n) is 6.24. The number of carbonyl (C=O) groups is 3. The summed E-state index contributed by atoms with van der Waals surface area (Å²) in [5, 5.41) is 7.09. The van der Waals surface area contributed by atoms with Gasteiger partial charge in [-0.2, -0.15) is 0 Å². The average Bonchev–Trinajstić information content (AvgIpc) is 3.22. The van der Waals surface area contributed by atoms with Gasteiger partial charge in [0.2, 0.25) is 11.8 Å². The Morgan fingerprint density at radius 3 is 2.50 bits per heavy atom. The zero-order chi connectivity index (χ0) is 20.4. The van der Waals surface area contributed by atoms with Crippen LogP contribution in [-0.2, 0) is 14.3 Å². The predicted molar refractivity (Wildman–Crippen MR) is 110 cm³/mol. The molecule has 8 heteroatoms. The van der Waals surface area contributed by atoms with Crippen LogP contribution in [0.1, 0.15) is 21.7 Å². The standard InChI is InChI=1S/C20H25N3O4S/c1-15-6-8-16(9-7-15)22-18(24)13-21-19(25)14-23(10-4-11-27-2)20(26)17-5-3-12-28-17/h3,5-9,12H,4,10-11,13-14H2,1-2H3,(H,21,25)(H,22,24). The fourth-order valence-corrected chi connectivity index (χ4v) is 3.15. The molecule has 2 aromatic rings. The summed E-state index contributed by atoms with van der Waals surface area (Å²) >= 11 is 1.33. The van der Waals surface area contributed by atoms with Crippen molar-refractivity contribution >= 4 is 34.7 Å². The van der Waals surface area contributed by atoms with E-state index in [0.717, 1.165) is 5.56 Å². The van der Waals surface area contributed by atoms with Gasteiger partial charge in [-0.1, -0.05) is 23.8 Å². The number of hydrogen-bond acceptors (Lipinski definition) is 5. The lowest BCUT2D eigenvalue weighted by Crippen LogP contribution is -2.43. The Labute approximate surface area is 168 Å². The molecule has 1 aromatic heterocycles. The molecule has 0 aliphatic carbocycles. The number of carbonyl (C=O) groups excluding carboxylic acids is 3. The first-order chi connectivity index (χ1) is 13.5. The lowest BCUT2D eigenvalue weighted by molar-refractivity contribution is -0.124. The molecule has 7 nitrogen and oxygen atoms in total. The van der Waals surface area contributed by atoms with Gasteiger partial charge in [0.25, 0.3) is 5.91 Å². The van der Waals surface area contributed by atoms with Crippen LogP contribution in [0.25, 0.3) is 0 Å². The van der Waals surface area contributed by atoms with Gasteiger partial charge in [0.1, 0.15) is 0 Å². The van der Waals surface area contributed by atoms with Crippen LogP contribution in [0.4, 0.5) is 5.69 Å². The molecule has 1 heterocycles. The first-order valence-electron chi connectivity index (χ1n) is 8.94. The number of aryl methyl sites for hydroxylation is 1. The maximum atomic E-state index is 12.6. The lowest BCUT2D eigenvalue weighted by atomic mass is 10.2. The van der Waals surface area contributed by atoms with Gasteiger partial charge >= 0.3 is 0 Å². The van der Waals surface area contributed by atoms with E-state index in [4.69, 9.17) is 4.74 Å². The highest BCUT2D eigenvalue weighted by atomic mass is 32.1. The van der Waals surface area contributed by atoms with Crippen molar-refractivity contribution in [3.8, 4) is 0 Å². The van der Waals surface area contributed by atoms with Crippen molar-refractivity contribution in [3.63, 3.8) is 0 Å². The number of thiophene rings is 1. The fraction of sp³-hybridized carbons (Fsp3) is 0.350. The first-order valence-corrected chi connectivity index (χ1v) is 9.82. The Bertz CT molecular complexity index is 775. The smallest absolute Gasteiger partial charge is 0.264 e. The van der Waals surface area contributed by atoms with Gasteiger partial charge in [0.05, 0.1) is 18.0 Å². The Morgan fingerprint density at radius 2 is 1.86 bits per heavy atom. The van der Waals surface area contributed by atoms with Crippen molar-refractivity contribution in [3.05, 3.63) is 52.2 Å². The van der Waals surface area contributed by atoms with E-state index in [0.29, 0.717) is 30.1 Å². The molecule has 0 saturated carbocycles. The van der Waals surface area contributed by atoms with E-state index in [1.54, 1.807) is 31.4 Å². The molecule has 3 amide bonds. The largest absolute Gasteiger partial charge is 0.385 e. The molecule has 0 fully saturated rings. The summed E-state index contributed by atoms with van der Waals surface area (Å²) in [4.78, 5) is 38.9. The van der Waals surface area contributed by atoms with Crippen molar-refractivity contribution in [2.75, 3.05) is 38.7 Å². The van der Waals surface area contributed by atoms with E-state index >= 15 is 0 Å². The number of anilines is 1. The summed E-state index contributed by atoms with van der Waals surface area (Å²) in [6, 6.07) is 10.9. The van der Waals surface area contributed by atoms with E-state index in [9.17, 15) is 14.4 Å². The zero-order valence-corrected chi connectivity index (χ0v) is 16.9. The van der Waals surface area contributed by atoms with Crippen LogP contribution in [0, 0.1) is 6.92 Å². The van der Waals surface area contributed by atoms with Gasteiger partial charge in [-0.3, -0.25) is 14.4 Å². The molecular weight excluding hydrogens is 378 g/mol. The molecule has 0 aliphatic rings. The van der Waals surface area contributed by atoms with Crippen LogP contribution < -0.4 is 10.6 Å². The minimum Gasteiger partial charge on any atom is -0.385 e. The third kappa shape index (κ3) is 7.13. The summed E-state index contributed by atoms with van der Waals surface area (Å²) in [7, 11) is 1.59. The predicted octanol–water partition coefficient (Wildman–Crippen LogP) is 2.29. The molecule has 1 aromatic carbocycles. The fourth-order valence-electron chi connectivity index (χ4n) is 2.46. The highest BCUT2D eigenvalue weighted by Gasteiger charge is 2.19. The Kier molecular flexibility index (Phi) is 8.64. The van der Waals surface area contributed by atoms with E-state index in [2.05, 4.69) is 10.6 Å². The number of nitrogens with zero attached hydrogens (tertiary/aromatic N) is 1. The number of benzene rings is 1. The number of ether oxygens (including phenoxy) is 1. The molecule has 2 N–H and O–H groups in total. The van der Waals surface area contributed by atoms with Crippen LogP contribution in [0.5, 0.6) is 0 Å². The molecule has 0 bridgehead atoms. The van der Waals surface area contributed by atoms with Gasteiger partial charge in [-0.25, -0.2) is 0 Å². The van der Waals surface area contributed by atoms with Crippen molar-refractivity contribution < 1.29 is 19.1 Å². The molecule has 28 heavy (non-hydrogen) atoms. The highest BCUT2D eigenvalue weighted by molar-refractivity contribution is 7.12. The summed E-state index contributed by atoms with van der Waals surface area (Å²) in [5.74, 6) is -0.917. The number of rotatable bonds is 10. The Balaban J connectivity index is 1.84. The molecule has 0 radical (unpaired) electrons. The summed E-state index contributed by atoms with van der Waals surface area (Å²) < 4.78 is 5.02. The third-order valence-corrected chi connectivity index (χ3v) is 4.77. The molecule has 150 valence electrons. The van der Waals surface area contributed by atoms with Crippen LogP contribution in [0.15, 0.2) is 41.8 Å². The minimum absolute atomic E-state index is 0.113. The van der Waals surface area contributed by atoms with Crippen molar-refractivity contribution in [2.24, 2.45) is 0 Å². The van der Waals surface area contributed by atoms with E-state index < -0.39 is 0 Å². The Morgan fingerprint density at radius 1 is 1.11 bits per heavy atom. The number of nitrogens with one attached hydrogen (secondary N) is 2. The third-order valence-electron chi connectivity index (χ3n) is 3.91. The topological polar surface area (TPSA) is 87.7 Å². The minimum atomic E-state index is -0.388. The van der Waals surface area contributed by atoms with Crippen molar-refractivity contribution in [1.82, 2.24) is 10.2 Å². The quantitative estimate of drug-likeness (QED) is 0.596. The molecule has 0 aliphatic heterocycles. The molecule has 0 atom stereocenters. The van der Waals surface area contributed by atoms with Crippen LogP contribution in [0.2, 0.25) is 0 Å². The van der Waals surface area contributed by atoms with Crippen LogP contribution >= 0.6 is 11.3 Å². The van der Waals surface area contributed by atoms with E-state index in [-0.39, 0.29) is 30.8 Å². The number of hydrogen-bond donors (Lipinski definition) is 2. The second kappa shape index (κ2) is 11.2. The maximum absolute atomic E-state index is 12.6. The molecular formula is C20H25N3O4S. The normalized spacial score (nSPS) is 10.4. The van der Waals surface area contributed by atoms with Gasteiger partial charge in [0, 0.05) is 25.9 Å². The molecule has 0 saturated heterocycles. The van der Waals surface area contributed by atoms with Gasteiger partial charge < -0.3 is 20.3 Å². The lowest BCUT2D eigenvalue weighted by Gasteiger charge is -2.21. The number of amides is 3. The van der Waals surface area contributed by atoms with Crippen LogP contribution in [-0.4, -0.2) is 56.0 Å². The second-order valence-corrected chi connectivity index (χ2v) is 7.19. The van der Waals surface area contributed by atoms with Crippen LogP contribution in [0.3, 0.4) is 0 Å². The maximum Gasteiger partial charge on any atom is 0.264 e.